The average molecular weight is 502 g/mol. The molecule has 0 radical (unpaired) electrons. The lowest BCUT2D eigenvalue weighted by Crippen LogP contribution is -2.33. The maximum atomic E-state index is 13.7. The summed E-state index contributed by atoms with van der Waals surface area (Å²) in [6.07, 6.45) is -10.2. The molecule has 0 spiro atoms. The molecule has 6 nitrogen and oxygen atoms in total. The number of hydrogen-bond acceptors (Lipinski definition) is 5. The van der Waals surface area contributed by atoms with Crippen LogP contribution in [0.4, 0.5) is 35.1 Å². The molecule has 0 aliphatic rings. The fraction of sp³-hybridized carbons (Fsp3) is 0.389. The van der Waals surface area contributed by atoms with E-state index >= 15 is 0 Å². The Kier molecular flexibility index (Phi) is 5.71. The Labute approximate surface area is 181 Å². The Morgan fingerprint density at radius 3 is 2.00 bits per heavy atom. The van der Waals surface area contributed by atoms with Crippen LogP contribution >= 0.6 is 0 Å². The fourth-order valence-electron chi connectivity index (χ4n) is 2.86. The van der Waals surface area contributed by atoms with Gasteiger partial charge in [-0.15, -0.1) is 0 Å². The van der Waals surface area contributed by atoms with Crippen LogP contribution in [0.15, 0.2) is 29.4 Å². The fourth-order valence-corrected chi connectivity index (χ4v) is 4.07. The van der Waals surface area contributed by atoms with Gasteiger partial charge in [-0.1, -0.05) is 0 Å². The largest absolute Gasteiger partial charge is 0.458 e. The van der Waals surface area contributed by atoms with Crippen molar-refractivity contribution in [1.29, 1.82) is 0 Å². The summed E-state index contributed by atoms with van der Waals surface area (Å²) in [5, 5.41) is -1.16. The highest BCUT2D eigenvalue weighted by molar-refractivity contribution is 7.92. The van der Waals surface area contributed by atoms with E-state index in [1.54, 1.807) is 0 Å². The summed E-state index contributed by atoms with van der Waals surface area (Å²) in [7, 11) is -3.12. The van der Waals surface area contributed by atoms with Crippen LogP contribution in [0.25, 0.3) is 22.7 Å². The number of nitrogens with zero attached hydrogens (tertiary/aromatic N) is 4. The van der Waals surface area contributed by atoms with Crippen molar-refractivity contribution >= 4 is 21.0 Å². The second-order valence-corrected chi connectivity index (χ2v) is 9.77. The molecule has 33 heavy (non-hydrogen) atoms. The number of rotatable bonds is 4. The van der Waals surface area contributed by atoms with E-state index in [0.717, 1.165) is 4.57 Å². The van der Waals surface area contributed by atoms with E-state index in [1.807, 2.05) is 0 Å². The monoisotopic (exact) mass is 502 g/mol. The zero-order valence-electron chi connectivity index (χ0n) is 16.9. The zero-order valence-corrected chi connectivity index (χ0v) is 17.7. The molecule has 0 fully saturated rings. The van der Waals surface area contributed by atoms with Crippen LogP contribution in [0.2, 0.25) is 0 Å². The van der Waals surface area contributed by atoms with Crippen LogP contribution in [0, 0.1) is 0 Å². The van der Waals surface area contributed by atoms with Crippen molar-refractivity contribution in [2.45, 2.75) is 42.3 Å². The van der Waals surface area contributed by atoms with Crippen LogP contribution in [0.1, 0.15) is 25.0 Å². The number of halogens is 8. The predicted molar refractivity (Wildman–Crippen MR) is 99.0 cm³/mol. The van der Waals surface area contributed by atoms with Gasteiger partial charge in [-0.3, -0.25) is 4.98 Å². The first-order valence-corrected chi connectivity index (χ1v) is 10.5. The Balaban J connectivity index is 2.30. The van der Waals surface area contributed by atoms with Crippen molar-refractivity contribution < 1.29 is 43.5 Å². The SMILES string of the molecule is CC(C)S(=O)(=O)c1cc(C(F)(F)F)cnc1-c1nc2cc(C(F)(F)C(F)(F)F)cnc2n1C. The Morgan fingerprint density at radius 2 is 1.48 bits per heavy atom. The van der Waals surface area contributed by atoms with Gasteiger partial charge in [0, 0.05) is 19.4 Å². The molecule has 0 amide bonds. The van der Waals surface area contributed by atoms with E-state index in [2.05, 4.69) is 15.0 Å². The third-order valence-electron chi connectivity index (χ3n) is 4.75. The number of sulfone groups is 1. The normalized spacial score (nSPS) is 13.8. The molecule has 15 heteroatoms. The highest BCUT2D eigenvalue weighted by Gasteiger charge is 2.59. The number of aryl methyl sites for hydroxylation is 1. The summed E-state index contributed by atoms with van der Waals surface area (Å²) >= 11 is 0. The number of aromatic nitrogens is 4. The lowest BCUT2D eigenvalue weighted by Gasteiger charge is -2.19. The number of imidazole rings is 1. The first-order valence-electron chi connectivity index (χ1n) is 8.98. The molecule has 0 saturated carbocycles. The van der Waals surface area contributed by atoms with Gasteiger partial charge in [-0.25, -0.2) is 18.4 Å². The van der Waals surface area contributed by atoms with Gasteiger partial charge < -0.3 is 4.57 Å². The van der Waals surface area contributed by atoms with Crippen LogP contribution in [0.5, 0.6) is 0 Å². The Morgan fingerprint density at radius 1 is 0.909 bits per heavy atom. The molecule has 0 bridgehead atoms. The second-order valence-electron chi connectivity index (χ2n) is 7.30. The van der Waals surface area contributed by atoms with E-state index in [1.165, 1.54) is 20.9 Å². The van der Waals surface area contributed by atoms with E-state index in [-0.39, 0.29) is 11.8 Å². The molecule has 3 aromatic rings. The van der Waals surface area contributed by atoms with E-state index < -0.39 is 66.4 Å². The molecule has 0 atom stereocenters. The first kappa shape index (κ1) is 24.8. The van der Waals surface area contributed by atoms with Gasteiger partial charge in [0.2, 0.25) is 0 Å². The van der Waals surface area contributed by atoms with Crippen LogP contribution in [0.3, 0.4) is 0 Å². The molecule has 0 aromatic carbocycles. The molecule has 0 aliphatic carbocycles. The summed E-state index contributed by atoms with van der Waals surface area (Å²) in [6, 6.07) is 0.785. The Hall–Kier alpha value is -2.84. The van der Waals surface area contributed by atoms with Gasteiger partial charge in [0.25, 0.3) is 0 Å². The van der Waals surface area contributed by atoms with Gasteiger partial charge >= 0.3 is 18.3 Å². The van der Waals surface area contributed by atoms with Crippen molar-refractivity contribution in [1.82, 2.24) is 19.5 Å². The molecule has 0 saturated heterocycles. The van der Waals surface area contributed by atoms with Crippen molar-refractivity contribution in [2.24, 2.45) is 7.05 Å². The predicted octanol–water partition coefficient (Wildman–Crippen LogP) is 4.89. The van der Waals surface area contributed by atoms with Crippen LogP contribution in [-0.4, -0.2) is 39.4 Å². The highest BCUT2D eigenvalue weighted by Crippen LogP contribution is 2.44. The molecule has 3 rings (SSSR count). The quantitative estimate of drug-likeness (QED) is 0.475. The molecule has 0 unspecified atom stereocenters. The second kappa shape index (κ2) is 7.60. The van der Waals surface area contributed by atoms with Crippen molar-refractivity contribution in [2.75, 3.05) is 0 Å². The topological polar surface area (TPSA) is 77.7 Å². The number of pyridine rings is 2. The van der Waals surface area contributed by atoms with Gasteiger partial charge in [0.1, 0.15) is 11.2 Å². The van der Waals surface area contributed by atoms with Crippen LogP contribution in [-0.2, 0) is 29.0 Å². The summed E-state index contributed by atoms with van der Waals surface area (Å²) in [4.78, 5) is 10.2. The lowest BCUT2D eigenvalue weighted by atomic mass is 10.1. The van der Waals surface area contributed by atoms with Crippen molar-refractivity contribution in [3.63, 3.8) is 0 Å². The minimum atomic E-state index is -5.91. The summed E-state index contributed by atoms with van der Waals surface area (Å²) < 4.78 is 131. The minimum absolute atomic E-state index is 0.221. The molecule has 0 aliphatic heterocycles. The number of hydrogen-bond donors (Lipinski definition) is 0. The molecular weight excluding hydrogens is 488 g/mol. The standard InChI is InChI=1S/C18H14F8N4O2S/c1-8(2)33(31,32)12-5-10(17(21,22)23)7-27-13(12)15-29-11-4-9(6-28-14(11)30(15)3)16(19,20)18(24,25)26/h4-8H,1-3H3. The van der Waals surface area contributed by atoms with Crippen molar-refractivity contribution in [3.8, 4) is 11.5 Å². The highest BCUT2D eigenvalue weighted by atomic mass is 32.2. The maximum absolute atomic E-state index is 13.7. The van der Waals surface area contributed by atoms with Gasteiger partial charge in [-0.05, 0) is 26.0 Å². The third-order valence-corrected chi connectivity index (χ3v) is 6.91. The summed E-state index contributed by atoms with van der Waals surface area (Å²) in [6.45, 7) is 2.45. The minimum Gasteiger partial charge on any atom is -0.310 e. The van der Waals surface area contributed by atoms with E-state index in [4.69, 9.17) is 0 Å². The first-order chi connectivity index (χ1) is 14.9. The number of alkyl halides is 8. The zero-order chi connectivity index (χ0) is 25.1. The van der Waals surface area contributed by atoms with E-state index in [9.17, 15) is 43.5 Å². The third kappa shape index (κ3) is 4.13. The van der Waals surface area contributed by atoms with Crippen molar-refractivity contribution in [3.05, 3.63) is 35.7 Å². The Bertz CT molecular complexity index is 1330. The van der Waals surface area contributed by atoms with Gasteiger partial charge in [0.15, 0.2) is 21.3 Å². The summed E-state index contributed by atoms with van der Waals surface area (Å²) in [5.74, 6) is -5.64. The summed E-state index contributed by atoms with van der Waals surface area (Å²) in [5.41, 5.74) is -4.09. The molecule has 3 heterocycles. The smallest absolute Gasteiger partial charge is 0.310 e. The molecular formula is C18H14F8N4O2S. The van der Waals surface area contributed by atoms with Gasteiger partial charge in [-0.2, -0.15) is 35.1 Å². The lowest BCUT2D eigenvalue weighted by molar-refractivity contribution is -0.289. The van der Waals surface area contributed by atoms with E-state index in [0.29, 0.717) is 18.3 Å². The molecule has 3 aromatic heterocycles. The number of fused-ring (bicyclic) bond motifs is 1. The molecule has 180 valence electrons. The average Bonchev–Trinajstić information content (AvgIpc) is 3.01. The maximum Gasteiger partial charge on any atom is 0.458 e. The van der Waals surface area contributed by atoms with Crippen LogP contribution < -0.4 is 0 Å². The van der Waals surface area contributed by atoms with Gasteiger partial charge in [0.05, 0.1) is 21.3 Å². The molecule has 0 N–H and O–H groups in total.